The monoisotopic (exact) mass is 252 g/mol. The van der Waals surface area contributed by atoms with Crippen LogP contribution in [-0.4, -0.2) is 38.0 Å². The van der Waals surface area contributed by atoms with Gasteiger partial charge in [0.05, 0.1) is 5.56 Å². The zero-order chi connectivity index (χ0) is 13.5. The average Bonchev–Trinajstić information content (AvgIpc) is 2.31. The number of hydrogen-bond donors (Lipinski definition) is 1. The molecule has 0 saturated carbocycles. The van der Waals surface area contributed by atoms with Crippen LogP contribution in [0.25, 0.3) is 0 Å². The molecule has 1 N–H and O–H groups in total. The van der Waals surface area contributed by atoms with Gasteiger partial charge in [0.2, 0.25) is 0 Å². The Morgan fingerprint density at radius 1 is 1.33 bits per heavy atom. The van der Waals surface area contributed by atoms with Crippen molar-refractivity contribution in [1.82, 2.24) is 10.2 Å². The lowest BCUT2D eigenvalue weighted by Gasteiger charge is -2.10. The summed E-state index contributed by atoms with van der Waals surface area (Å²) in [5, 5.41) is 2.74. The summed E-state index contributed by atoms with van der Waals surface area (Å²) in [6.45, 7) is 3.42. The molecule has 1 aromatic rings. The first-order valence-electron chi connectivity index (χ1n) is 6.20. The zero-order valence-corrected chi connectivity index (χ0v) is 11.3. The van der Waals surface area contributed by atoms with Gasteiger partial charge in [0.25, 0.3) is 5.91 Å². The average molecular weight is 252 g/mol. The molecule has 0 unspecified atom stereocenters. The summed E-state index contributed by atoms with van der Waals surface area (Å²) >= 11 is 0. The first-order chi connectivity index (χ1) is 8.50. The van der Waals surface area contributed by atoms with Crippen LogP contribution in [0, 0.1) is 12.7 Å². The van der Waals surface area contributed by atoms with Crippen molar-refractivity contribution in [3.63, 3.8) is 0 Å². The van der Waals surface area contributed by atoms with Crippen molar-refractivity contribution < 1.29 is 9.18 Å². The first kappa shape index (κ1) is 14.6. The highest BCUT2D eigenvalue weighted by Crippen LogP contribution is 2.09. The Kier molecular flexibility index (Phi) is 5.78. The van der Waals surface area contributed by atoms with Crippen LogP contribution in [0.3, 0.4) is 0 Å². The molecule has 4 heteroatoms. The van der Waals surface area contributed by atoms with Crippen LogP contribution < -0.4 is 5.32 Å². The van der Waals surface area contributed by atoms with Gasteiger partial charge in [-0.25, -0.2) is 4.39 Å². The highest BCUT2D eigenvalue weighted by atomic mass is 19.1. The van der Waals surface area contributed by atoms with Crippen LogP contribution in [0.5, 0.6) is 0 Å². The topological polar surface area (TPSA) is 32.3 Å². The Morgan fingerprint density at radius 3 is 2.72 bits per heavy atom. The summed E-state index contributed by atoms with van der Waals surface area (Å²) in [5.41, 5.74) is 1.01. The summed E-state index contributed by atoms with van der Waals surface area (Å²) in [6, 6.07) is 4.56. The predicted molar refractivity (Wildman–Crippen MR) is 71.3 cm³/mol. The van der Waals surface area contributed by atoms with E-state index in [4.69, 9.17) is 0 Å². The van der Waals surface area contributed by atoms with Crippen molar-refractivity contribution in [3.8, 4) is 0 Å². The summed E-state index contributed by atoms with van der Waals surface area (Å²) in [6.07, 6.45) is 1.92. The van der Waals surface area contributed by atoms with E-state index < -0.39 is 5.82 Å². The smallest absolute Gasteiger partial charge is 0.254 e. The van der Waals surface area contributed by atoms with Gasteiger partial charge >= 0.3 is 0 Å². The summed E-state index contributed by atoms with van der Waals surface area (Å²) in [7, 11) is 4.03. The van der Waals surface area contributed by atoms with Gasteiger partial charge in [0.15, 0.2) is 0 Å². The lowest BCUT2D eigenvalue weighted by molar-refractivity contribution is 0.0948. The molecule has 100 valence electrons. The Balaban J connectivity index is 2.39. The second-order valence-electron chi connectivity index (χ2n) is 4.75. The predicted octanol–water partition coefficient (Wildman–Crippen LogP) is 2.21. The van der Waals surface area contributed by atoms with Crippen LogP contribution in [0.2, 0.25) is 0 Å². The normalized spacial score (nSPS) is 10.7. The fraction of sp³-hybridized carbons (Fsp3) is 0.500. The SMILES string of the molecule is Cc1ccc(F)c(C(=O)NCCCCN(C)C)c1. The molecule has 1 aromatic carbocycles. The molecule has 3 nitrogen and oxygen atoms in total. The third-order valence-electron chi connectivity index (χ3n) is 2.68. The number of carbonyl (C=O) groups is 1. The number of unbranched alkanes of at least 4 members (excludes halogenated alkanes) is 1. The number of amides is 1. The second-order valence-corrected chi connectivity index (χ2v) is 4.75. The van der Waals surface area contributed by atoms with E-state index in [0.717, 1.165) is 24.9 Å². The number of nitrogens with one attached hydrogen (secondary N) is 1. The molecule has 0 heterocycles. The molecule has 1 amide bonds. The highest BCUT2D eigenvalue weighted by Gasteiger charge is 2.10. The Labute approximate surface area is 108 Å². The van der Waals surface area contributed by atoms with E-state index in [9.17, 15) is 9.18 Å². The second kappa shape index (κ2) is 7.11. The van der Waals surface area contributed by atoms with Crippen molar-refractivity contribution in [3.05, 3.63) is 35.1 Å². The van der Waals surface area contributed by atoms with Crippen molar-refractivity contribution in [2.45, 2.75) is 19.8 Å². The van der Waals surface area contributed by atoms with Gasteiger partial charge in [-0.1, -0.05) is 11.6 Å². The number of aryl methyl sites for hydroxylation is 1. The molecule has 0 aliphatic heterocycles. The third kappa shape index (κ3) is 4.84. The maximum atomic E-state index is 13.4. The minimum absolute atomic E-state index is 0.127. The molecule has 18 heavy (non-hydrogen) atoms. The van der Waals surface area contributed by atoms with E-state index in [1.807, 2.05) is 21.0 Å². The lowest BCUT2D eigenvalue weighted by atomic mass is 10.1. The van der Waals surface area contributed by atoms with Crippen LogP contribution in [0.15, 0.2) is 18.2 Å². The number of hydrogen-bond acceptors (Lipinski definition) is 2. The number of carbonyl (C=O) groups excluding carboxylic acids is 1. The van der Waals surface area contributed by atoms with Crippen molar-refractivity contribution in [2.24, 2.45) is 0 Å². The van der Waals surface area contributed by atoms with Gasteiger partial charge in [0, 0.05) is 6.54 Å². The van der Waals surface area contributed by atoms with Crippen molar-refractivity contribution in [1.29, 1.82) is 0 Å². The lowest BCUT2D eigenvalue weighted by Crippen LogP contribution is -2.26. The minimum Gasteiger partial charge on any atom is -0.352 e. The molecule has 0 aromatic heterocycles. The molecule has 0 spiro atoms. The number of benzene rings is 1. The van der Waals surface area contributed by atoms with E-state index in [1.165, 1.54) is 6.07 Å². The van der Waals surface area contributed by atoms with Crippen molar-refractivity contribution >= 4 is 5.91 Å². The maximum absolute atomic E-state index is 13.4. The molecule has 1 rings (SSSR count). The Morgan fingerprint density at radius 2 is 2.06 bits per heavy atom. The van der Waals surface area contributed by atoms with Gasteiger partial charge in [-0.3, -0.25) is 4.79 Å². The zero-order valence-electron chi connectivity index (χ0n) is 11.3. The maximum Gasteiger partial charge on any atom is 0.254 e. The fourth-order valence-electron chi connectivity index (χ4n) is 1.66. The molecule has 0 bridgehead atoms. The van der Waals surface area contributed by atoms with E-state index in [1.54, 1.807) is 12.1 Å². The fourth-order valence-corrected chi connectivity index (χ4v) is 1.66. The largest absolute Gasteiger partial charge is 0.352 e. The number of rotatable bonds is 6. The van der Waals surface area contributed by atoms with Gasteiger partial charge in [0.1, 0.15) is 5.82 Å². The van der Waals surface area contributed by atoms with E-state index in [2.05, 4.69) is 10.2 Å². The summed E-state index contributed by atoms with van der Waals surface area (Å²) in [5.74, 6) is -0.799. The highest BCUT2D eigenvalue weighted by molar-refractivity contribution is 5.94. The Hall–Kier alpha value is -1.42. The summed E-state index contributed by atoms with van der Waals surface area (Å²) in [4.78, 5) is 13.9. The first-order valence-corrected chi connectivity index (χ1v) is 6.20. The number of halogens is 1. The molecule has 0 atom stereocenters. The van der Waals surface area contributed by atoms with Gasteiger partial charge in [-0.2, -0.15) is 0 Å². The Bertz CT molecular complexity index is 405. The van der Waals surface area contributed by atoms with Gasteiger partial charge in [-0.05, 0) is 52.5 Å². The number of nitrogens with zero attached hydrogens (tertiary/aromatic N) is 1. The van der Waals surface area contributed by atoms with Crippen molar-refractivity contribution in [2.75, 3.05) is 27.2 Å². The molecule has 0 fully saturated rings. The quantitative estimate of drug-likeness (QED) is 0.787. The van der Waals surface area contributed by atoms with Gasteiger partial charge in [-0.15, -0.1) is 0 Å². The van der Waals surface area contributed by atoms with Gasteiger partial charge < -0.3 is 10.2 Å². The molecule has 0 radical (unpaired) electrons. The van der Waals surface area contributed by atoms with Crippen LogP contribution in [-0.2, 0) is 0 Å². The third-order valence-corrected chi connectivity index (χ3v) is 2.68. The summed E-state index contributed by atoms with van der Waals surface area (Å²) < 4.78 is 13.4. The molecule has 0 aliphatic rings. The van der Waals surface area contributed by atoms with Crippen LogP contribution in [0.4, 0.5) is 4.39 Å². The molecule has 0 saturated heterocycles. The van der Waals surface area contributed by atoms with E-state index in [-0.39, 0.29) is 11.5 Å². The van der Waals surface area contributed by atoms with E-state index >= 15 is 0 Å². The molecular formula is C14H21FN2O. The standard InChI is InChI=1S/C14H21FN2O/c1-11-6-7-13(15)12(10-11)14(18)16-8-4-5-9-17(2)3/h6-7,10H,4-5,8-9H2,1-3H3,(H,16,18). The minimum atomic E-state index is -0.466. The van der Waals surface area contributed by atoms with E-state index in [0.29, 0.717) is 6.54 Å². The van der Waals surface area contributed by atoms with Crippen LogP contribution in [0.1, 0.15) is 28.8 Å². The molecule has 0 aliphatic carbocycles. The molecular weight excluding hydrogens is 231 g/mol. The van der Waals surface area contributed by atoms with Crippen LogP contribution >= 0.6 is 0 Å².